The number of esters is 1. The molecular weight excluding hydrogens is 178 g/mol. The molecule has 1 heterocycles. The molecule has 0 N–H and O–H groups in total. The number of ether oxygens (including phenoxy) is 1. The zero-order valence-corrected chi connectivity index (χ0v) is 8.36. The summed E-state index contributed by atoms with van der Waals surface area (Å²) in [4.78, 5) is 13.5. The molecule has 0 saturated carbocycles. The van der Waals surface area contributed by atoms with Crippen LogP contribution in [0.3, 0.4) is 0 Å². The first kappa shape index (κ1) is 9.21. The van der Waals surface area contributed by atoms with Gasteiger partial charge in [0.25, 0.3) is 0 Å². The van der Waals surface area contributed by atoms with E-state index in [9.17, 15) is 4.79 Å². The summed E-state index contributed by atoms with van der Waals surface area (Å²) in [5.74, 6) is -0.183. The number of carbonyl (C=O) groups excluding carboxylic acids is 1. The van der Waals surface area contributed by atoms with Crippen LogP contribution in [-0.2, 0) is 16.1 Å². The van der Waals surface area contributed by atoms with Crippen molar-refractivity contribution in [2.75, 3.05) is 14.2 Å². The Bertz CT molecular complexity index is 362. The molecule has 1 aromatic carbocycles. The van der Waals surface area contributed by atoms with Gasteiger partial charge in [0.1, 0.15) is 6.04 Å². The SMILES string of the molecule is COC(=O)[C@@H]1c2ccccc2CN1C. The van der Waals surface area contributed by atoms with Crippen molar-refractivity contribution < 1.29 is 9.53 Å². The van der Waals surface area contributed by atoms with E-state index in [1.807, 2.05) is 30.1 Å². The standard InChI is InChI=1S/C11H13NO2/c1-12-7-8-5-3-4-6-9(8)10(12)11(13)14-2/h3-6,10H,7H2,1-2H3/t10-/m0/s1. The molecule has 14 heavy (non-hydrogen) atoms. The summed E-state index contributed by atoms with van der Waals surface area (Å²) in [7, 11) is 3.36. The molecule has 0 aromatic heterocycles. The van der Waals surface area contributed by atoms with E-state index in [1.165, 1.54) is 12.7 Å². The highest BCUT2D eigenvalue weighted by Crippen LogP contribution is 2.32. The summed E-state index contributed by atoms with van der Waals surface area (Å²) >= 11 is 0. The Kier molecular flexibility index (Phi) is 2.25. The van der Waals surface area contributed by atoms with Crippen molar-refractivity contribution in [3.8, 4) is 0 Å². The van der Waals surface area contributed by atoms with Crippen molar-refractivity contribution in [1.29, 1.82) is 0 Å². The molecule has 74 valence electrons. The van der Waals surface area contributed by atoms with Crippen LogP contribution in [0.4, 0.5) is 0 Å². The van der Waals surface area contributed by atoms with Gasteiger partial charge in [-0.3, -0.25) is 4.90 Å². The normalized spacial score (nSPS) is 20.6. The zero-order chi connectivity index (χ0) is 10.1. The van der Waals surface area contributed by atoms with Gasteiger partial charge in [-0.25, -0.2) is 4.79 Å². The van der Waals surface area contributed by atoms with Crippen LogP contribution < -0.4 is 0 Å². The van der Waals surface area contributed by atoms with Crippen LogP contribution in [0.25, 0.3) is 0 Å². The van der Waals surface area contributed by atoms with Crippen LogP contribution in [0.1, 0.15) is 17.2 Å². The van der Waals surface area contributed by atoms with Crippen LogP contribution in [0, 0.1) is 0 Å². The highest BCUT2D eigenvalue weighted by atomic mass is 16.5. The van der Waals surface area contributed by atoms with Crippen LogP contribution >= 0.6 is 0 Å². The molecule has 0 fully saturated rings. The van der Waals surface area contributed by atoms with Gasteiger partial charge in [0.2, 0.25) is 0 Å². The number of methoxy groups -OCH3 is 1. The number of fused-ring (bicyclic) bond motifs is 1. The summed E-state index contributed by atoms with van der Waals surface area (Å²) in [6, 6.07) is 7.76. The highest BCUT2D eigenvalue weighted by molar-refractivity contribution is 5.79. The Labute approximate surface area is 83.3 Å². The molecule has 2 rings (SSSR count). The van der Waals surface area contributed by atoms with Crippen molar-refractivity contribution in [2.45, 2.75) is 12.6 Å². The Hall–Kier alpha value is -1.35. The largest absolute Gasteiger partial charge is 0.468 e. The zero-order valence-electron chi connectivity index (χ0n) is 8.36. The summed E-state index contributed by atoms with van der Waals surface area (Å²) in [5, 5.41) is 0. The molecule has 0 radical (unpaired) electrons. The Morgan fingerprint density at radius 2 is 2.21 bits per heavy atom. The molecule has 3 heteroatoms. The number of benzene rings is 1. The number of likely N-dealkylation sites (N-methyl/N-ethyl adjacent to an activating group) is 1. The molecule has 0 aliphatic carbocycles. The minimum Gasteiger partial charge on any atom is -0.468 e. The lowest BCUT2D eigenvalue weighted by molar-refractivity contribution is -0.146. The third-order valence-electron chi connectivity index (χ3n) is 2.63. The molecule has 3 nitrogen and oxygen atoms in total. The van der Waals surface area contributed by atoms with Crippen molar-refractivity contribution in [3.05, 3.63) is 35.4 Å². The quantitative estimate of drug-likeness (QED) is 0.627. The maximum Gasteiger partial charge on any atom is 0.327 e. The summed E-state index contributed by atoms with van der Waals surface area (Å²) < 4.78 is 4.78. The van der Waals surface area contributed by atoms with Crippen molar-refractivity contribution >= 4 is 5.97 Å². The number of carbonyl (C=O) groups is 1. The van der Waals surface area contributed by atoms with Crippen LogP contribution in [0.5, 0.6) is 0 Å². The second kappa shape index (κ2) is 3.42. The van der Waals surface area contributed by atoms with Crippen LogP contribution in [0.15, 0.2) is 24.3 Å². The second-order valence-electron chi connectivity index (χ2n) is 3.54. The monoisotopic (exact) mass is 191 g/mol. The average molecular weight is 191 g/mol. The molecule has 1 aliphatic heterocycles. The third-order valence-corrected chi connectivity index (χ3v) is 2.63. The third kappa shape index (κ3) is 1.30. The van der Waals surface area contributed by atoms with E-state index in [0.717, 1.165) is 12.1 Å². The van der Waals surface area contributed by atoms with E-state index < -0.39 is 0 Å². The Morgan fingerprint density at radius 1 is 1.50 bits per heavy atom. The summed E-state index contributed by atoms with van der Waals surface area (Å²) in [6.07, 6.45) is 0. The van der Waals surface area contributed by atoms with E-state index in [0.29, 0.717) is 0 Å². The summed E-state index contributed by atoms with van der Waals surface area (Å²) in [5.41, 5.74) is 2.28. The first-order chi connectivity index (χ1) is 6.74. The molecule has 1 atom stereocenters. The Balaban J connectivity index is 2.39. The van der Waals surface area contributed by atoms with Crippen molar-refractivity contribution in [3.63, 3.8) is 0 Å². The van der Waals surface area contributed by atoms with E-state index in [2.05, 4.69) is 6.07 Å². The van der Waals surface area contributed by atoms with Crippen LogP contribution in [0.2, 0.25) is 0 Å². The highest BCUT2D eigenvalue weighted by Gasteiger charge is 2.33. The van der Waals surface area contributed by atoms with Crippen molar-refractivity contribution in [2.24, 2.45) is 0 Å². The van der Waals surface area contributed by atoms with Gasteiger partial charge in [0.15, 0.2) is 0 Å². The molecule has 0 unspecified atom stereocenters. The molecule has 0 amide bonds. The van der Waals surface area contributed by atoms with Gasteiger partial charge in [-0.15, -0.1) is 0 Å². The smallest absolute Gasteiger partial charge is 0.327 e. The molecule has 1 aliphatic rings. The van der Waals surface area contributed by atoms with Gasteiger partial charge < -0.3 is 4.74 Å². The minimum absolute atomic E-state index is 0.183. The van der Waals surface area contributed by atoms with E-state index in [1.54, 1.807) is 0 Å². The second-order valence-corrected chi connectivity index (χ2v) is 3.54. The van der Waals surface area contributed by atoms with Gasteiger partial charge >= 0.3 is 5.97 Å². The first-order valence-corrected chi connectivity index (χ1v) is 4.60. The van der Waals surface area contributed by atoms with Gasteiger partial charge in [-0.05, 0) is 18.2 Å². The van der Waals surface area contributed by atoms with Gasteiger partial charge in [-0.2, -0.15) is 0 Å². The van der Waals surface area contributed by atoms with E-state index >= 15 is 0 Å². The predicted molar refractivity (Wildman–Crippen MR) is 52.7 cm³/mol. The molecule has 1 aromatic rings. The van der Waals surface area contributed by atoms with Gasteiger partial charge in [-0.1, -0.05) is 24.3 Å². The fourth-order valence-electron chi connectivity index (χ4n) is 1.96. The number of hydrogen-bond donors (Lipinski definition) is 0. The molecule has 0 bridgehead atoms. The van der Waals surface area contributed by atoms with E-state index in [4.69, 9.17) is 4.74 Å². The van der Waals surface area contributed by atoms with Crippen LogP contribution in [-0.4, -0.2) is 25.0 Å². The van der Waals surface area contributed by atoms with Crippen molar-refractivity contribution in [1.82, 2.24) is 4.90 Å². The Morgan fingerprint density at radius 3 is 2.93 bits per heavy atom. The fraction of sp³-hybridized carbons (Fsp3) is 0.364. The number of nitrogens with zero attached hydrogens (tertiary/aromatic N) is 1. The topological polar surface area (TPSA) is 29.5 Å². The average Bonchev–Trinajstić information content (AvgIpc) is 2.53. The molecule has 0 spiro atoms. The lowest BCUT2D eigenvalue weighted by atomic mass is 10.1. The maximum absolute atomic E-state index is 11.5. The first-order valence-electron chi connectivity index (χ1n) is 4.60. The minimum atomic E-state index is -0.226. The predicted octanol–water partition coefficient (Wildman–Crippen LogP) is 1.35. The summed E-state index contributed by atoms with van der Waals surface area (Å²) in [6.45, 7) is 0.815. The molecule has 0 saturated heterocycles. The number of hydrogen-bond acceptors (Lipinski definition) is 3. The fourth-order valence-corrected chi connectivity index (χ4v) is 1.96. The maximum atomic E-state index is 11.5. The van der Waals surface area contributed by atoms with Gasteiger partial charge in [0, 0.05) is 6.54 Å². The van der Waals surface area contributed by atoms with Gasteiger partial charge in [0.05, 0.1) is 7.11 Å². The lowest BCUT2D eigenvalue weighted by Gasteiger charge is -2.17. The van der Waals surface area contributed by atoms with E-state index in [-0.39, 0.29) is 12.0 Å². The number of rotatable bonds is 1. The lowest BCUT2D eigenvalue weighted by Crippen LogP contribution is -2.25. The molecular formula is C11H13NO2.